The second kappa shape index (κ2) is 4.45. The van der Waals surface area contributed by atoms with Gasteiger partial charge >= 0.3 is 0 Å². The number of aryl methyl sites for hydroxylation is 1. The number of nitrogens with one attached hydrogen (secondary N) is 1. The molecule has 3 atom stereocenters. The van der Waals surface area contributed by atoms with Gasteiger partial charge in [-0.1, -0.05) is 13.8 Å². The topological polar surface area (TPSA) is 64.4 Å². The maximum absolute atomic E-state index is 10.8. The van der Waals surface area contributed by atoms with E-state index >= 15 is 0 Å². The fourth-order valence-electron chi connectivity index (χ4n) is 3.75. The largest absolute Gasteiger partial charge is 0.381 e. The molecule has 0 bridgehead atoms. The van der Waals surface area contributed by atoms with Gasteiger partial charge in [-0.05, 0) is 25.5 Å². The summed E-state index contributed by atoms with van der Waals surface area (Å²) in [6, 6.07) is 5.60. The van der Waals surface area contributed by atoms with Crippen molar-refractivity contribution in [3.8, 4) is 0 Å². The smallest absolute Gasteiger partial charge is 0.272 e. The lowest BCUT2D eigenvalue weighted by atomic mass is 9.57. The van der Waals surface area contributed by atoms with Crippen LogP contribution in [0, 0.1) is 28.4 Å². The molecule has 1 heterocycles. The maximum atomic E-state index is 10.8. The summed E-state index contributed by atoms with van der Waals surface area (Å²) in [5.74, 6) is 0.556. The maximum Gasteiger partial charge on any atom is 0.272 e. The Bertz CT molecular complexity index is 556. The Morgan fingerprint density at radius 3 is 2.85 bits per heavy atom. The molecular formula is C15H20N2O3. The first kappa shape index (κ1) is 13.4. The molecule has 2 fully saturated rings. The van der Waals surface area contributed by atoms with Gasteiger partial charge in [0.15, 0.2) is 0 Å². The van der Waals surface area contributed by atoms with Crippen LogP contribution >= 0.6 is 0 Å². The number of benzene rings is 1. The monoisotopic (exact) mass is 276 g/mol. The Labute approximate surface area is 118 Å². The van der Waals surface area contributed by atoms with Crippen LogP contribution in [-0.2, 0) is 4.74 Å². The quantitative estimate of drug-likeness (QED) is 0.680. The first-order valence-corrected chi connectivity index (χ1v) is 7.04. The minimum Gasteiger partial charge on any atom is -0.381 e. The van der Waals surface area contributed by atoms with Crippen LogP contribution in [-0.4, -0.2) is 23.7 Å². The number of nitro groups is 1. The van der Waals surface area contributed by atoms with Gasteiger partial charge in [0.1, 0.15) is 0 Å². The van der Waals surface area contributed by atoms with Crippen molar-refractivity contribution in [1.82, 2.24) is 0 Å². The van der Waals surface area contributed by atoms with Gasteiger partial charge in [0.2, 0.25) is 0 Å². The zero-order chi connectivity index (χ0) is 14.5. The van der Waals surface area contributed by atoms with Crippen molar-refractivity contribution >= 4 is 11.4 Å². The molecule has 2 aliphatic rings. The summed E-state index contributed by atoms with van der Waals surface area (Å²) in [5, 5.41) is 14.4. The molecule has 1 saturated carbocycles. The predicted octanol–water partition coefficient (Wildman–Crippen LogP) is 3.13. The average Bonchev–Trinajstić information content (AvgIpc) is 2.82. The molecule has 20 heavy (non-hydrogen) atoms. The predicted molar refractivity (Wildman–Crippen MR) is 76.9 cm³/mol. The molecule has 0 spiro atoms. The van der Waals surface area contributed by atoms with E-state index < -0.39 is 0 Å². The lowest BCUT2D eigenvalue weighted by molar-refractivity contribution is -0.385. The zero-order valence-corrected chi connectivity index (χ0v) is 12.1. The van der Waals surface area contributed by atoms with Gasteiger partial charge in [0.25, 0.3) is 5.69 Å². The van der Waals surface area contributed by atoms with E-state index in [1.165, 1.54) is 0 Å². The molecule has 1 aliphatic heterocycles. The van der Waals surface area contributed by atoms with Crippen LogP contribution < -0.4 is 5.32 Å². The molecular weight excluding hydrogens is 256 g/mol. The summed E-state index contributed by atoms with van der Waals surface area (Å²) in [5.41, 5.74) is 1.93. The normalized spacial score (nSPS) is 30.4. The highest BCUT2D eigenvalue weighted by Gasteiger charge is 2.59. The number of ether oxygens (including phenoxy) is 1. The van der Waals surface area contributed by atoms with Crippen molar-refractivity contribution in [3.63, 3.8) is 0 Å². The number of hydrogen-bond donors (Lipinski definition) is 1. The minimum absolute atomic E-state index is 0.108. The van der Waals surface area contributed by atoms with Gasteiger partial charge in [0, 0.05) is 41.3 Å². The first-order valence-electron chi connectivity index (χ1n) is 7.04. The van der Waals surface area contributed by atoms with Gasteiger partial charge < -0.3 is 10.1 Å². The highest BCUT2D eigenvalue weighted by Crippen LogP contribution is 2.53. The molecule has 5 nitrogen and oxygen atoms in total. The fourth-order valence-corrected chi connectivity index (χ4v) is 3.75. The fraction of sp³-hybridized carbons (Fsp3) is 0.600. The number of hydrogen-bond acceptors (Lipinski definition) is 4. The van der Waals surface area contributed by atoms with Crippen LogP contribution in [0.25, 0.3) is 0 Å². The number of rotatable bonds is 3. The van der Waals surface area contributed by atoms with E-state index in [4.69, 9.17) is 4.74 Å². The number of anilines is 1. The second-order valence-electron chi connectivity index (χ2n) is 6.45. The lowest BCUT2D eigenvalue weighted by Gasteiger charge is -2.55. The van der Waals surface area contributed by atoms with Gasteiger partial charge in [-0.3, -0.25) is 10.1 Å². The Balaban J connectivity index is 1.78. The third-order valence-electron chi connectivity index (χ3n) is 4.82. The van der Waals surface area contributed by atoms with Crippen molar-refractivity contribution in [2.24, 2.45) is 11.3 Å². The molecule has 108 valence electrons. The van der Waals surface area contributed by atoms with Gasteiger partial charge in [0.05, 0.1) is 11.0 Å². The van der Waals surface area contributed by atoms with Gasteiger partial charge in [-0.2, -0.15) is 0 Å². The SMILES string of the molecule is Cc1cc(NC2C3CCOC3C2(C)C)ccc1[N+](=O)[O-]. The van der Waals surface area contributed by atoms with Gasteiger partial charge in [-0.25, -0.2) is 0 Å². The van der Waals surface area contributed by atoms with Crippen molar-refractivity contribution in [2.75, 3.05) is 11.9 Å². The van der Waals surface area contributed by atoms with E-state index in [0.29, 0.717) is 23.6 Å². The molecule has 1 aliphatic carbocycles. The number of nitrogens with zero attached hydrogens (tertiary/aromatic N) is 1. The summed E-state index contributed by atoms with van der Waals surface area (Å²) in [7, 11) is 0. The molecule has 1 aromatic carbocycles. The summed E-state index contributed by atoms with van der Waals surface area (Å²) in [6.45, 7) is 7.05. The molecule has 0 radical (unpaired) electrons. The summed E-state index contributed by atoms with van der Waals surface area (Å²) < 4.78 is 5.78. The number of nitro benzene ring substituents is 1. The summed E-state index contributed by atoms with van der Waals surface area (Å²) in [6.07, 6.45) is 1.44. The number of fused-ring (bicyclic) bond motifs is 1. The Morgan fingerprint density at radius 2 is 2.20 bits per heavy atom. The molecule has 3 unspecified atom stereocenters. The van der Waals surface area contributed by atoms with Crippen molar-refractivity contribution in [1.29, 1.82) is 0 Å². The summed E-state index contributed by atoms with van der Waals surface area (Å²) in [4.78, 5) is 10.5. The second-order valence-corrected chi connectivity index (χ2v) is 6.45. The Kier molecular flexibility index (Phi) is 2.97. The van der Waals surface area contributed by atoms with Crippen LogP contribution in [0.4, 0.5) is 11.4 Å². The van der Waals surface area contributed by atoms with Crippen LogP contribution in [0.5, 0.6) is 0 Å². The minimum atomic E-state index is -0.340. The first-order chi connectivity index (χ1) is 9.41. The van der Waals surface area contributed by atoms with Crippen LogP contribution in [0.15, 0.2) is 18.2 Å². The zero-order valence-electron chi connectivity index (χ0n) is 12.1. The summed E-state index contributed by atoms with van der Waals surface area (Å²) >= 11 is 0. The van der Waals surface area contributed by atoms with Crippen LogP contribution in [0.3, 0.4) is 0 Å². The molecule has 1 aromatic rings. The van der Waals surface area contributed by atoms with Crippen LogP contribution in [0.2, 0.25) is 0 Å². The van der Waals surface area contributed by atoms with Crippen molar-refractivity contribution < 1.29 is 9.66 Å². The molecule has 3 rings (SSSR count). The third kappa shape index (κ3) is 1.88. The van der Waals surface area contributed by atoms with E-state index in [0.717, 1.165) is 18.7 Å². The molecule has 1 N–H and O–H groups in total. The standard InChI is InChI=1S/C15H20N2O3/c1-9-8-10(4-5-12(9)17(18)19)16-13-11-6-7-20-14(11)15(13,2)3/h4-5,8,11,13-14,16H,6-7H2,1-3H3. The van der Waals surface area contributed by atoms with Crippen LogP contribution in [0.1, 0.15) is 25.8 Å². The Hall–Kier alpha value is -1.62. The van der Waals surface area contributed by atoms with E-state index in [2.05, 4.69) is 19.2 Å². The highest BCUT2D eigenvalue weighted by atomic mass is 16.6. The molecule has 0 aromatic heterocycles. The molecule has 0 amide bonds. The van der Waals surface area contributed by atoms with E-state index in [-0.39, 0.29) is 16.0 Å². The van der Waals surface area contributed by atoms with Gasteiger partial charge in [-0.15, -0.1) is 0 Å². The van der Waals surface area contributed by atoms with E-state index in [9.17, 15) is 10.1 Å². The van der Waals surface area contributed by atoms with E-state index in [1.54, 1.807) is 19.1 Å². The highest BCUT2D eigenvalue weighted by molar-refractivity contribution is 5.54. The third-order valence-corrected chi connectivity index (χ3v) is 4.82. The molecule has 1 saturated heterocycles. The Morgan fingerprint density at radius 1 is 1.45 bits per heavy atom. The van der Waals surface area contributed by atoms with Crippen molar-refractivity contribution in [2.45, 2.75) is 39.3 Å². The lowest BCUT2D eigenvalue weighted by Crippen LogP contribution is -2.63. The molecule has 5 heteroatoms. The average molecular weight is 276 g/mol. The van der Waals surface area contributed by atoms with Crippen molar-refractivity contribution in [3.05, 3.63) is 33.9 Å². The van der Waals surface area contributed by atoms with E-state index in [1.807, 2.05) is 6.07 Å².